The van der Waals surface area contributed by atoms with Crippen molar-refractivity contribution in [2.75, 3.05) is 46.2 Å². The van der Waals surface area contributed by atoms with Crippen LogP contribution in [0.1, 0.15) is 40.2 Å². The van der Waals surface area contributed by atoms with Gasteiger partial charge in [0.05, 0.1) is 32.0 Å². The minimum atomic E-state index is -0.455. The van der Waals surface area contributed by atoms with Gasteiger partial charge >= 0.3 is 23.9 Å². The van der Waals surface area contributed by atoms with E-state index in [1.165, 1.54) is 0 Å². The molecular formula is C32H46O11. The zero-order valence-electron chi connectivity index (χ0n) is 26.0. The smallest absolute Gasteiger partial charge is 0.335 e. The lowest BCUT2D eigenvalue weighted by Crippen LogP contribution is -2.11. The highest BCUT2D eigenvalue weighted by Crippen LogP contribution is 2.09. The molecule has 0 aliphatic carbocycles. The van der Waals surface area contributed by atoms with Crippen LogP contribution in [0.25, 0.3) is 0 Å². The molecule has 0 bridgehead atoms. The quantitative estimate of drug-likeness (QED) is 0.142. The van der Waals surface area contributed by atoms with Crippen molar-refractivity contribution in [3.8, 4) is 0 Å². The Morgan fingerprint density at radius 3 is 1.74 bits per heavy atom. The first kappa shape index (κ1) is 41.1. The number of epoxide rings is 1. The topological polar surface area (TPSA) is 147 Å². The highest BCUT2D eigenvalue weighted by molar-refractivity contribution is 5.88. The zero-order valence-corrected chi connectivity index (χ0v) is 26.0. The average molecular weight is 607 g/mol. The van der Waals surface area contributed by atoms with Crippen LogP contribution in [-0.2, 0) is 54.2 Å². The van der Waals surface area contributed by atoms with Crippen molar-refractivity contribution in [1.82, 2.24) is 0 Å². The van der Waals surface area contributed by atoms with E-state index >= 15 is 0 Å². The summed E-state index contributed by atoms with van der Waals surface area (Å²) in [7, 11) is 0. The first-order valence-electron chi connectivity index (χ1n) is 13.5. The van der Waals surface area contributed by atoms with Gasteiger partial charge in [-0.3, -0.25) is 0 Å². The molecule has 1 aromatic carbocycles. The number of aliphatic hydroxyl groups is 1. The summed E-state index contributed by atoms with van der Waals surface area (Å²) < 4.78 is 28.7. The maximum absolute atomic E-state index is 11.0. The largest absolute Gasteiger partial charge is 0.463 e. The van der Waals surface area contributed by atoms with Crippen molar-refractivity contribution < 1.29 is 52.7 Å². The van der Waals surface area contributed by atoms with E-state index in [1.807, 2.05) is 37.3 Å². The van der Waals surface area contributed by atoms with Gasteiger partial charge in [0.25, 0.3) is 0 Å². The van der Waals surface area contributed by atoms with Crippen molar-refractivity contribution in [2.24, 2.45) is 0 Å². The van der Waals surface area contributed by atoms with Crippen LogP contribution < -0.4 is 0 Å². The molecular weight excluding hydrogens is 560 g/mol. The lowest BCUT2D eigenvalue weighted by Gasteiger charge is -2.03. The predicted molar refractivity (Wildman–Crippen MR) is 162 cm³/mol. The second-order valence-electron chi connectivity index (χ2n) is 8.78. The Bertz CT molecular complexity index is 1040. The number of esters is 4. The Kier molecular flexibility index (Phi) is 24.5. The van der Waals surface area contributed by atoms with Crippen LogP contribution in [0.2, 0.25) is 0 Å². The monoisotopic (exact) mass is 606 g/mol. The van der Waals surface area contributed by atoms with Gasteiger partial charge < -0.3 is 33.5 Å². The Balaban J connectivity index is 0. The fourth-order valence-corrected chi connectivity index (χ4v) is 2.08. The van der Waals surface area contributed by atoms with Crippen LogP contribution >= 0.6 is 0 Å². The van der Waals surface area contributed by atoms with Crippen LogP contribution in [-0.4, -0.2) is 81.3 Å². The predicted octanol–water partition coefficient (Wildman–Crippen LogP) is 4.05. The highest BCUT2D eigenvalue weighted by Gasteiger charge is 2.24. The van der Waals surface area contributed by atoms with Crippen molar-refractivity contribution in [3.63, 3.8) is 0 Å². The summed E-state index contributed by atoms with van der Waals surface area (Å²) in [5, 5.41) is 8.19. The summed E-state index contributed by atoms with van der Waals surface area (Å²) in [4.78, 5) is 43.0. The van der Waals surface area contributed by atoms with Gasteiger partial charge in [-0.05, 0) is 40.2 Å². The van der Waals surface area contributed by atoms with Gasteiger partial charge in [0, 0.05) is 23.3 Å². The highest BCUT2D eigenvalue weighted by atomic mass is 16.6. The van der Waals surface area contributed by atoms with Gasteiger partial charge in [-0.2, -0.15) is 0 Å². The second kappa shape index (κ2) is 25.6. The van der Waals surface area contributed by atoms with Gasteiger partial charge in [-0.15, -0.1) is 0 Å². The summed E-state index contributed by atoms with van der Waals surface area (Å²) in [5.74, 6) is -1.51. The molecule has 1 fully saturated rings. The third kappa shape index (κ3) is 25.4. The number of ether oxygens (including phenoxy) is 6. The van der Waals surface area contributed by atoms with Gasteiger partial charge in [0.2, 0.25) is 0 Å². The molecule has 0 amide bonds. The Hall–Kier alpha value is -4.06. The summed E-state index contributed by atoms with van der Waals surface area (Å²) in [5.41, 5.74) is 2.56. The molecule has 1 aromatic rings. The molecule has 1 unspecified atom stereocenters. The molecule has 1 heterocycles. The molecule has 1 N–H and O–H groups in total. The molecule has 1 aliphatic heterocycles. The zero-order chi connectivity index (χ0) is 33.2. The molecule has 240 valence electrons. The molecule has 1 saturated heterocycles. The Morgan fingerprint density at radius 1 is 0.791 bits per heavy atom. The van der Waals surface area contributed by atoms with E-state index in [0.717, 1.165) is 5.56 Å². The van der Waals surface area contributed by atoms with E-state index in [1.54, 1.807) is 27.7 Å². The number of carbonyl (C=O) groups is 4. The van der Waals surface area contributed by atoms with Gasteiger partial charge in [0.15, 0.2) is 0 Å². The number of hydrogen-bond donors (Lipinski definition) is 1. The van der Waals surface area contributed by atoms with Gasteiger partial charge in [-0.1, -0.05) is 56.6 Å². The van der Waals surface area contributed by atoms with Gasteiger partial charge in [-0.25, -0.2) is 19.2 Å². The third-order valence-electron chi connectivity index (χ3n) is 4.43. The fraction of sp³-hybridized carbons (Fsp3) is 0.438. The minimum Gasteiger partial charge on any atom is -0.463 e. The van der Waals surface area contributed by atoms with Crippen molar-refractivity contribution >= 4 is 23.9 Å². The second-order valence-corrected chi connectivity index (χ2v) is 8.78. The minimum absolute atomic E-state index is 0.0473. The van der Waals surface area contributed by atoms with E-state index in [-0.39, 0.29) is 43.8 Å². The number of rotatable bonds is 14. The number of hydrogen-bond acceptors (Lipinski definition) is 11. The maximum atomic E-state index is 11.0. The molecule has 0 radical (unpaired) electrons. The van der Waals surface area contributed by atoms with E-state index in [4.69, 9.17) is 24.1 Å². The average Bonchev–Trinajstić information content (AvgIpc) is 3.82. The van der Waals surface area contributed by atoms with Crippen LogP contribution in [0.3, 0.4) is 0 Å². The lowest BCUT2D eigenvalue weighted by molar-refractivity contribution is -0.140. The van der Waals surface area contributed by atoms with Crippen LogP contribution in [0.4, 0.5) is 0 Å². The summed E-state index contributed by atoms with van der Waals surface area (Å²) in [6.07, 6.45) is 0.142. The molecule has 1 atom stereocenters. The van der Waals surface area contributed by atoms with E-state index in [2.05, 4.69) is 35.8 Å². The summed E-state index contributed by atoms with van der Waals surface area (Å²) in [6.45, 7) is 24.7. The standard InChI is InChI=1S/C11H12O2.C8H14O3.C7H10O3.C6H10O3/c1-9(2)11(12)13-8-10-6-4-3-5-7-10;1-4-10-6-7(3)8(9)11-5-2;1-5(2)7(8)10-4-6-3-9-6;1-5(2)6(8)9-4-3-7/h3-7H,1,8H2,2H3;3-6H2,1-2H3;6H,1,3-4H2,2H3;7H,1,3-4H2,2H3. The molecule has 0 saturated carbocycles. The fourth-order valence-electron chi connectivity index (χ4n) is 2.08. The van der Waals surface area contributed by atoms with Gasteiger partial charge in [0.1, 0.15) is 25.9 Å². The number of benzene rings is 1. The SMILES string of the molecule is C=C(C)C(=O)OCC1CO1.C=C(C)C(=O)OCCO.C=C(C)C(=O)OCc1ccccc1.C=C(COCC)C(=O)OCC. The van der Waals surface area contributed by atoms with Crippen LogP contribution in [0.5, 0.6) is 0 Å². The molecule has 43 heavy (non-hydrogen) atoms. The normalized spacial score (nSPS) is 12.1. The Labute approximate surface area is 254 Å². The molecule has 1 aliphatic rings. The molecule has 0 aromatic heterocycles. The third-order valence-corrected chi connectivity index (χ3v) is 4.43. The molecule has 11 heteroatoms. The van der Waals surface area contributed by atoms with E-state index in [9.17, 15) is 19.2 Å². The first-order valence-corrected chi connectivity index (χ1v) is 13.5. The summed E-state index contributed by atoms with van der Waals surface area (Å²) >= 11 is 0. The van der Waals surface area contributed by atoms with Crippen LogP contribution in [0.15, 0.2) is 78.9 Å². The Morgan fingerprint density at radius 2 is 1.30 bits per heavy atom. The maximum Gasteiger partial charge on any atom is 0.335 e. The van der Waals surface area contributed by atoms with Crippen LogP contribution in [0, 0.1) is 0 Å². The van der Waals surface area contributed by atoms with Crippen molar-refractivity contribution in [3.05, 3.63) is 84.5 Å². The number of aliphatic hydroxyl groups excluding tert-OH is 1. The van der Waals surface area contributed by atoms with E-state index < -0.39 is 5.97 Å². The molecule has 11 nitrogen and oxygen atoms in total. The first-order chi connectivity index (χ1) is 20.3. The lowest BCUT2D eigenvalue weighted by atomic mass is 10.2. The van der Waals surface area contributed by atoms with Crippen molar-refractivity contribution in [2.45, 2.75) is 47.3 Å². The summed E-state index contributed by atoms with van der Waals surface area (Å²) in [6, 6.07) is 9.55. The van der Waals surface area contributed by atoms with Crippen molar-refractivity contribution in [1.29, 1.82) is 0 Å². The molecule has 2 rings (SSSR count). The van der Waals surface area contributed by atoms with E-state index in [0.29, 0.717) is 55.3 Å². The molecule has 0 spiro atoms. The number of carbonyl (C=O) groups excluding carboxylic acids is 4.